The third-order valence-electron chi connectivity index (χ3n) is 5.63. The lowest BCUT2D eigenvalue weighted by molar-refractivity contribution is -0.118. The van der Waals surface area contributed by atoms with E-state index in [2.05, 4.69) is 26.0 Å². The molecule has 0 radical (unpaired) electrons. The van der Waals surface area contributed by atoms with Crippen molar-refractivity contribution in [3.05, 3.63) is 88.6 Å². The quantitative estimate of drug-likeness (QED) is 0.383. The Morgan fingerprint density at radius 2 is 1.81 bits per heavy atom. The molecule has 2 aromatic carbocycles. The zero-order chi connectivity index (χ0) is 25.2. The summed E-state index contributed by atoms with van der Waals surface area (Å²) in [6, 6.07) is 12.8. The number of aromatic nitrogens is 3. The molecule has 0 aliphatic carbocycles. The van der Waals surface area contributed by atoms with E-state index in [1.165, 1.54) is 22.8 Å². The van der Waals surface area contributed by atoms with Gasteiger partial charge in [0.05, 0.1) is 11.9 Å². The standard InChI is InChI=1S/C25H21FN6O4/c1-14-8-15(2-4-17(14)26)11-28-25(35)20-10-19(30-22-6-7-29-32(20)22)24(34)27-12-16-3-5-21-18(9-16)31-23(33)13-36-21/h2-10H,11-13H2,1H3,(H,27,34)(H,28,35)(H,31,33). The highest BCUT2D eigenvalue weighted by atomic mass is 19.1. The van der Waals surface area contributed by atoms with Crippen molar-refractivity contribution in [2.24, 2.45) is 0 Å². The Kier molecular flexibility index (Phi) is 6.03. The maximum atomic E-state index is 13.5. The van der Waals surface area contributed by atoms with Gasteiger partial charge in [0.25, 0.3) is 17.7 Å². The fourth-order valence-electron chi connectivity index (χ4n) is 3.79. The van der Waals surface area contributed by atoms with Crippen molar-refractivity contribution < 1.29 is 23.5 Å². The molecule has 5 rings (SSSR count). The predicted octanol–water partition coefficient (Wildman–Crippen LogP) is 2.37. The lowest BCUT2D eigenvalue weighted by Gasteiger charge is -2.18. The fraction of sp³-hybridized carbons (Fsp3) is 0.160. The molecular formula is C25H21FN6O4. The molecule has 11 heteroatoms. The predicted molar refractivity (Wildman–Crippen MR) is 127 cm³/mol. The zero-order valence-corrected chi connectivity index (χ0v) is 19.2. The molecule has 2 aromatic heterocycles. The molecule has 10 nitrogen and oxygen atoms in total. The minimum absolute atomic E-state index is 0.0364. The minimum Gasteiger partial charge on any atom is -0.482 e. The number of rotatable bonds is 6. The van der Waals surface area contributed by atoms with Crippen molar-refractivity contribution in [3.63, 3.8) is 0 Å². The van der Waals surface area contributed by atoms with Crippen LogP contribution in [0.15, 0.2) is 54.7 Å². The van der Waals surface area contributed by atoms with Crippen molar-refractivity contribution in [2.75, 3.05) is 11.9 Å². The first-order valence-electron chi connectivity index (χ1n) is 11.1. The summed E-state index contributed by atoms with van der Waals surface area (Å²) in [6.07, 6.45) is 1.48. The van der Waals surface area contributed by atoms with Crippen molar-refractivity contribution in [1.29, 1.82) is 0 Å². The molecule has 3 N–H and O–H groups in total. The number of aryl methyl sites for hydroxylation is 1. The molecule has 0 bridgehead atoms. The first-order chi connectivity index (χ1) is 17.4. The number of hydrogen-bond donors (Lipinski definition) is 3. The molecule has 0 atom stereocenters. The van der Waals surface area contributed by atoms with Gasteiger partial charge in [-0.05, 0) is 41.8 Å². The van der Waals surface area contributed by atoms with Crippen LogP contribution < -0.4 is 20.7 Å². The van der Waals surface area contributed by atoms with E-state index < -0.39 is 11.8 Å². The third-order valence-corrected chi connectivity index (χ3v) is 5.63. The highest BCUT2D eigenvalue weighted by molar-refractivity contribution is 5.98. The SMILES string of the molecule is Cc1cc(CNC(=O)c2cc(C(=O)NCc3ccc4c(c3)NC(=O)CO4)nc3ccnn23)ccc1F. The molecule has 0 unspecified atom stereocenters. The molecule has 0 fully saturated rings. The third kappa shape index (κ3) is 4.71. The number of anilines is 1. The van der Waals surface area contributed by atoms with Gasteiger partial charge in [0.15, 0.2) is 12.3 Å². The Hall–Kier alpha value is -4.80. The van der Waals surface area contributed by atoms with Crippen LogP contribution in [0.25, 0.3) is 5.65 Å². The number of hydrogen-bond acceptors (Lipinski definition) is 6. The summed E-state index contributed by atoms with van der Waals surface area (Å²) in [5, 5.41) is 12.4. The molecular weight excluding hydrogens is 467 g/mol. The summed E-state index contributed by atoms with van der Waals surface area (Å²) >= 11 is 0. The van der Waals surface area contributed by atoms with Crippen molar-refractivity contribution >= 4 is 29.1 Å². The monoisotopic (exact) mass is 488 g/mol. The van der Waals surface area contributed by atoms with Gasteiger partial charge < -0.3 is 20.7 Å². The summed E-state index contributed by atoms with van der Waals surface area (Å²) in [4.78, 5) is 41.7. The molecule has 0 saturated heterocycles. The number of carbonyl (C=O) groups is 3. The Morgan fingerprint density at radius 1 is 1.06 bits per heavy atom. The van der Waals surface area contributed by atoms with Crippen LogP contribution >= 0.6 is 0 Å². The van der Waals surface area contributed by atoms with Gasteiger partial charge in [0.1, 0.15) is 23.0 Å². The van der Waals surface area contributed by atoms with Crippen LogP contribution in [0.3, 0.4) is 0 Å². The number of halogens is 1. The molecule has 0 spiro atoms. The smallest absolute Gasteiger partial charge is 0.270 e. The normalized spacial score (nSPS) is 12.4. The van der Waals surface area contributed by atoms with Gasteiger partial charge in [-0.15, -0.1) is 0 Å². The number of nitrogens with zero attached hydrogens (tertiary/aromatic N) is 3. The Bertz CT molecular complexity index is 1520. The van der Waals surface area contributed by atoms with Crippen molar-refractivity contribution in [1.82, 2.24) is 25.2 Å². The number of ether oxygens (including phenoxy) is 1. The summed E-state index contributed by atoms with van der Waals surface area (Å²) in [5.74, 6) is -0.958. The molecule has 3 heterocycles. The van der Waals surface area contributed by atoms with Crippen molar-refractivity contribution in [3.8, 4) is 5.75 Å². The van der Waals surface area contributed by atoms with E-state index >= 15 is 0 Å². The number of fused-ring (bicyclic) bond motifs is 2. The first-order valence-corrected chi connectivity index (χ1v) is 11.1. The molecule has 3 amide bonds. The molecule has 4 aromatic rings. The maximum Gasteiger partial charge on any atom is 0.270 e. The van der Waals surface area contributed by atoms with Crippen LogP contribution in [0.2, 0.25) is 0 Å². The fourth-order valence-corrected chi connectivity index (χ4v) is 3.79. The number of benzene rings is 2. The molecule has 182 valence electrons. The zero-order valence-electron chi connectivity index (χ0n) is 19.2. The number of carbonyl (C=O) groups excluding carboxylic acids is 3. The molecule has 1 aliphatic rings. The average molecular weight is 488 g/mol. The molecule has 1 aliphatic heterocycles. The lowest BCUT2D eigenvalue weighted by atomic mass is 10.1. The van der Waals surface area contributed by atoms with Crippen LogP contribution in [0.5, 0.6) is 5.75 Å². The second kappa shape index (κ2) is 9.45. The molecule has 36 heavy (non-hydrogen) atoms. The second-order valence-electron chi connectivity index (χ2n) is 8.24. The summed E-state index contributed by atoms with van der Waals surface area (Å²) in [5.41, 5.74) is 2.99. The van der Waals surface area contributed by atoms with Crippen molar-refractivity contribution in [2.45, 2.75) is 20.0 Å². The van der Waals surface area contributed by atoms with Gasteiger partial charge in [-0.2, -0.15) is 5.10 Å². The van der Waals surface area contributed by atoms with Gasteiger partial charge >= 0.3 is 0 Å². The van der Waals surface area contributed by atoms with Gasteiger partial charge in [0, 0.05) is 25.2 Å². The lowest BCUT2D eigenvalue weighted by Crippen LogP contribution is -2.28. The van der Waals surface area contributed by atoms with Gasteiger partial charge in [-0.25, -0.2) is 13.9 Å². The largest absolute Gasteiger partial charge is 0.482 e. The summed E-state index contributed by atoms with van der Waals surface area (Å²) < 4.78 is 20.2. The Morgan fingerprint density at radius 3 is 2.61 bits per heavy atom. The molecule has 0 saturated carbocycles. The van der Waals surface area contributed by atoms with Crippen LogP contribution in [0.4, 0.5) is 10.1 Å². The topological polar surface area (TPSA) is 127 Å². The average Bonchev–Trinajstić information content (AvgIpc) is 3.35. The highest BCUT2D eigenvalue weighted by Gasteiger charge is 2.19. The van der Waals surface area contributed by atoms with E-state index in [1.807, 2.05) is 0 Å². The number of nitrogens with one attached hydrogen (secondary N) is 3. The van der Waals surface area contributed by atoms with Gasteiger partial charge in [0.2, 0.25) is 0 Å². The summed E-state index contributed by atoms with van der Waals surface area (Å²) in [7, 11) is 0. The first kappa shape index (κ1) is 23.0. The van der Waals surface area contributed by atoms with E-state index in [-0.39, 0.29) is 42.8 Å². The highest BCUT2D eigenvalue weighted by Crippen LogP contribution is 2.28. The van der Waals surface area contributed by atoms with Crippen LogP contribution in [-0.4, -0.2) is 38.9 Å². The second-order valence-corrected chi connectivity index (χ2v) is 8.24. The number of amides is 3. The Balaban J connectivity index is 1.31. The van der Waals surface area contributed by atoms with E-state index in [9.17, 15) is 18.8 Å². The maximum absolute atomic E-state index is 13.5. The van der Waals surface area contributed by atoms with Crippen LogP contribution in [-0.2, 0) is 17.9 Å². The minimum atomic E-state index is -0.486. The van der Waals surface area contributed by atoms with Gasteiger partial charge in [-0.1, -0.05) is 18.2 Å². The van der Waals surface area contributed by atoms with E-state index in [0.717, 1.165) is 11.1 Å². The Labute approximate surface area is 204 Å². The van der Waals surface area contributed by atoms with Crippen LogP contribution in [0.1, 0.15) is 37.7 Å². The van der Waals surface area contributed by atoms with E-state index in [4.69, 9.17) is 4.74 Å². The van der Waals surface area contributed by atoms with E-state index in [1.54, 1.807) is 43.3 Å². The summed E-state index contributed by atoms with van der Waals surface area (Å²) in [6.45, 7) is 1.95. The van der Waals surface area contributed by atoms with Crippen LogP contribution in [0, 0.1) is 12.7 Å². The van der Waals surface area contributed by atoms with E-state index in [0.29, 0.717) is 22.6 Å². The van der Waals surface area contributed by atoms with Gasteiger partial charge in [-0.3, -0.25) is 14.4 Å².